The number of hydrogen-bond donors (Lipinski definition) is 1. The summed E-state index contributed by atoms with van der Waals surface area (Å²) in [5.74, 6) is -0.703. The topological polar surface area (TPSA) is 75.4 Å². The first-order chi connectivity index (χ1) is 10.4. The van der Waals surface area contributed by atoms with Crippen LogP contribution in [0, 0.1) is 13.8 Å². The molecule has 1 amide bonds. The van der Waals surface area contributed by atoms with Crippen molar-refractivity contribution >= 4 is 11.9 Å². The monoisotopic (exact) mass is 307 g/mol. The highest BCUT2D eigenvalue weighted by Gasteiger charge is 2.28. The average molecular weight is 307 g/mol. The van der Waals surface area contributed by atoms with Crippen LogP contribution >= 0.6 is 0 Å². The van der Waals surface area contributed by atoms with E-state index >= 15 is 0 Å². The van der Waals surface area contributed by atoms with Crippen LogP contribution in [0.1, 0.15) is 49.1 Å². The zero-order valence-corrected chi connectivity index (χ0v) is 13.6. The number of carboxylic acid groups (broad SMARTS) is 1. The van der Waals surface area contributed by atoms with Gasteiger partial charge in [0.15, 0.2) is 0 Å². The van der Waals surface area contributed by atoms with E-state index in [9.17, 15) is 9.59 Å². The number of aromatic nitrogens is 2. The number of carbonyl (C=O) groups excluding carboxylic acids is 1. The third-order valence-corrected chi connectivity index (χ3v) is 4.63. The largest absolute Gasteiger partial charge is 0.481 e. The Kier molecular flexibility index (Phi) is 5.21. The number of aryl methyl sites for hydroxylation is 2. The van der Waals surface area contributed by atoms with Crippen LogP contribution in [0.2, 0.25) is 0 Å². The molecule has 0 saturated carbocycles. The average Bonchev–Trinajstić information content (AvgIpc) is 2.71. The molecule has 122 valence electrons. The van der Waals surface area contributed by atoms with Gasteiger partial charge in [0, 0.05) is 37.3 Å². The minimum absolute atomic E-state index is 0.0645. The highest BCUT2D eigenvalue weighted by molar-refractivity contribution is 5.79. The van der Waals surface area contributed by atoms with Crippen molar-refractivity contribution in [2.75, 3.05) is 6.54 Å². The van der Waals surface area contributed by atoms with E-state index in [1.165, 1.54) is 0 Å². The van der Waals surface area contributed by atoms with E-state index in [0.717, 1.165) is 42.8 Å². The fourth-order valence-corrected chi connectivity index (χ4v) is 3.25. The number of aliphatic carboxylic acids is 1. The lowest BCUT2D eigenvalue weighted by atomic mass is 9.96. The molecule has 2 rings (SSSR count). The number of carbonyl (C=O) groups is 2. The van der Waals surface area contributed by atoms with E-state index in [2.05, 4.69) is 5.10 Å². The zero-order valence-electron chi connectivity index (χ0n) is 13.6. The Hall–Kier alpha value is -1.85. The third-order valence-electron chi connectivity index (χ3n) is 4.63. The highest BCUT2D eigenvalue weighted by atomic mass is 16.4. The summed E-state index contributed by atoms with van der Waals surface area (Å²) in [7, 11) is 1.88. The van der Waals surface area contributed by atoms with Crippen LogP contribution in [0.15, 0.2) is 0 Å². The van der Waals surface area contributed by atoms with Crippen molar-refractivity contribution in [3.8, 4) is 0 Å². The SMILES string of the molecule is Cc1nn(C)c(C)c1CC(=O)N1CCCC[C@@H]1CCC(=O)O. The van der Waals surface area contributed by atoms with Crippen molar-refractivity contribution in [2.45, 2.75) is 58.4 Å². The Morgan fingerprint density at radius 1 is 1.32 bits per heavy atom. The molecule has 0 spiro atoms. The molecular formula is C16H25N3O3. The lowest BCUT2D eigenvalue weighted by molar-refractivity contribution is -0.139. The maximum absolute atomic E-state index is 12.7. The standard InChI is InChI=1S/C16H25N3O3/c1-11-14(12(2)18(3)17-11)10-15(20)19-9-5-4-6-13(19)7-8-16(21)22/h13H,4-10H2,1-3H3,(H,21,22)/t13-/m1/s1. The maximum Gasteiger partial charge on any atom is 0.303 e. The van der Waals surface area contributed by atoms with Crippen molar-refractivity contribution in [3.63, 3.8) is 0 Å². The normalized spacial score (nSPS) is 18.5. The summed E-state index contributed by atoms with van der Waals surface area (Å²) in [4.78, 5) is 25.4. The smallest absolute Gasteiger partial charge is 0.303 e. The second kappa shape index (κ2) is 6.94. The van der Waals surface area contributed by atoms with Crippen molar-refractivity contribution < 1.29 is 14.7 Å². The van der Waals surface area contributed by atoms with Gasteiger partial charge in [-0.25, -0.2) is 0 Å². The molecule has 0 radical (unpaired) electrons. The first-order valence-electron chi connectivity index (χ1n) is 7.90. The van der Waals surface area contributed by atoms with Gasteiger partial charge in [-0.1, -0.05) is 0 Å². The number of hydrogen-bond acceptors (Lipinski definition) is 3. The predicted octanol–water partition coefficient (Wildman–Crippen LogP) is 1.83. The van der Waals surface area contributed by atoms with E-state index in [4.69, 9.17) is 5.11 Å². The van der Waals surface area contributed by atoms with Crippen molar-refractivity contribution in [1.82, 2.24) is 14.7 Å². The molecule has 0 unspecified atom stereocenters. The molecule has 2 heterocycles. The van der Waals surface area contributed by atoms with Crippen molar-refractivity contribution in [2.24, 2.45) is 7.05 Å². The minimum Gasteiger partial charge on any atom is -0.481 e. The summed E-state index contributed by atoms with van der Waals surface area (Å²) in [6.45, 7) is 4.63. The quantitative estimate of drug-likeness (QED) is 0.900. The molecule has 0 bridgehead atoms. The summed E-state index contributed by atoms with van der Waals surface area (Å²) >= 11 is 0. The van der Waals surface area contributed by atoms with Crippen molar-refractivity contribution in [1.29, 1.82) is 0 Å². The molecule has 1 aromatic rings. The predicted molar refractivity (Wildman–Crippen MR) is 82.6 cm³/mol. The molecule has 1 fully saturated rings. The molecule has 1 aromatic heterocycles. The van der Waals surface area contributed by atoms with Crippen LogP contribution < -0.4 is 0 Å². The zero-order chi connectivity index (χ0) is 16.3. The molecule has 1 atom stereocenters. The first kappa shape index (κ1) is 16.5. The summed E-state index contributed by atoms with van der Waals surface area (Å²) in [6.07, 6.45) is 4.00. The molecule has 6 heteroatoms. The van der Waals surface area contributed by atoms with E-state index in [-0.39, 0.29) is 18.4 Å². The van der Waals surface area contributed by atoms with E-state index in [1.807, 2.05) is 25.8 Å². The maximum atomic E-state index is 12.7. The lowest BCUT2D eigenvalue weighted by Gasteiger charge is -2.35. The molecular weight excluding hydrogens is 282 g/mol. The fraction of sp³-hybridized carbons (Fsp3) is 0.688. The summed E-state index contributed by atoms with van der Waals surface area (Å²) < 4.78 is 1.80. The van der Waals surface area contributed by atoms with Crippen molar-refractivity contribution in [3.05, 3.63) is 17.0 Å². The van der Waals surface area contributed by atoms with Gasteiger partial charge >= 0.3 is 5.97 Å². The van der Waals surface area contributed by atoms with Crippen LogP contribution in [-0.4, -0.2) is 44.3 Å². The number of nitrogens with zero attached hydrogens (tertiary/aromatic N) is 3. The Labute approximate surface area is 131 Å². The van der Waals surface area contributed by atoms with E-state index in [0.29, 0.717) is 12.8 Å². The van der Waals surface area contributed by atoms with Gasteiger partial charge < -0.3 is 10.0 Å². The molecule has 1 aliphatic heterocycles. The Morgan fingerprint density at radius 3 is 2.64 bits per heavy atom. The molecule has 22 heavy (non-hydrogen) atoms. The molecule has 1 saturated heterocycles. The lowest BCUT2D eigenvalue weighted by Crippen LogP contribution is -2.44. The van der Waals surface area contributed by atoms with Gasteiger partial charge in [0.1, 0.15) is 0 Å². The van der Waals surface area contributed by atoms with Gasteiger partial charge in [-0.15, -0.1) is 0 Å². The molecule has 6 nitrogen and oxygen atoms in total. The summed E-state index contributed by atoms with van der Waals surface area (Å²) in [5, 5.41) is 13.2. The Morgan fingerprint density at radius 2 is 2.05 bits per heavy atom. The van der Waals surface area contributed by atoms with Crippen LogP contribution in [0.5, 0.6) is 0 Å². The second-order valence-electron chi connectivity index (χ2n) is 6.12. The van der Waals surface area contributed by atoms with Crippen LogP contribution in [0.25, 0.3) is 0 Å². The van der Waals surface area contributed by atoms with Crippen LogP contribution in [0.3, 0.4) is 0 Å². The molecule has 0 aromatic carbocycles. The Balaban J connectivity index is 2.07. The summed E-state index contributed by atoms with van der Waals surface area (Å²) in [6, 6.07) is 0.0645. The molecule has 1 N–H and O–H groups in total. The van der Waals surface area contributed by atoms with Crippen LogP contribution in [-0.2, 0) is 23.1 Å². The van der Waals surface area contributed by atoms with E-state index < -0.39 is 5.97 Å². The minimum atomic E-state index is -0.795. The molecule has 0 aliphatic carbocycles. The molecule has 1 aliphatic rings. The summed E-state index contributed by atoms with van der Waals surface area (Å²) in [5.41, 5.74) is 2.91. The van der Waals surface area contributed by atoms with Crippen LogP contribution in [0.4, 0.5) is 0 Å². The number of piperidine rings is 1. The Bertz CT molecular complexity index is 565. The van der Waals surface area contributed by atoms with Gasteiger partial charge in [0.25, 0.3) is 0 Å². The number of likely N-dealkylation sites (tertiary alicyclic amines) is 1. The second-order valence-corrected chi connectivity index (χ2v) is 6.12. The third kappa shape index (κ3) is 3.67. The van der Waals surface area contributed by atoms with Gasteiger partial charge in [0.05, 0.1) is 12.1 Å². The van der Waals surface area contributed by atoms with E-state index in [1.54, 1.807) is 4.68 Å². The highest BCUT2D eigenvalue weighted by Crippen LogP contribution is 2.23. The fourth-order valence-electron chi connectivity index (χ4n) is 3.25. The van der Waals surface area contributed by atoms with Gasteiger partial charge in [-0.2, -0.15) is 5.10 Å². The number of carboxylic acids is 1. The first-order valence-corrected chi connectivity index (χ1v) is 7.90. The van der Waals surface area contributed by atoms with Gasteiger partial charge in [0.2, 0.25) is 5.91 Å². The van der Waals surface area contributed by atoms with Gasteiger partial charge in [-0.05, 0) is 39.5 Å². The number of rotatable bonds is 5. The van der Waals surface area contributed by atoms with Gasteiger partial charge in [-0.3, -0.25) is 14.3 Å². The number of amides is 1.